The summed E-state index contributed by atoms with van der Waals surface area (Å²) < 4.78 is 0. The van der Waals surface area contributed by atoms with Gasteiger partial charge in [0.15, 0.2) is 0 Å². The van der Waals surface area contributed by atoms with E-state index in [-0.39, 0.29) is 6.15 Å². The van der Waals surface area contributed by atoms with E-state index in [1.807, 2.05) is 0 Å². The number of hydrogen-bond donors (Lipinski definition) is 1. The van der Waals surface area contributed by atoms with Crippen molar-refractivity contribution < 1.29 is 0 Å². The summed E-state index contributed by atoms with van der Waals surface area (Å²) in [6.07, 6.45) is 1.28. The molecule has 0 aromatic carbocycles. The SMILES string of the molecule is CCCN(CC)CC.N. The second-order valence-electron chi connectivity index (χ2n) is 2.03. The van der Waals surface area contributed by atoms with Gasteiger partial charge in [0.1, 0.15) is 0 Å². The molecule has 0 aromatic heterocycles. The van der Waals surface area contributed by atoms with Gasteiger partial charge in [-0.1, -0.05) is 20.8 Å². The summed E-state index contributed by atoms with van der Waals surface area (Å²) in [4.78, 5) is 2.43. The van der Waals surface area contributed by atoms with Crippen molar-refractivity contribution in [3.63, 3.8) is 0 Å². The van der Waals surface area contributed by atoms with Crippen LogP contribution in [0.3, 0.4) is 0 Å². The lowest BCUT2D eigenvalue weighted by Gasteiger charge is -2.15. The Morgan fingerprint density at radius 1 is 1.00 bits per heavy atom. The maximum atomic E-state index is 2.43. The van der Waals surface area contributed by atoms with Crippen LogP contribution in [0.5, 0.6) is 0 Å². The largest absolute Gasteiger partial charge is 0.344 e. The molecule has 2 nitrogen and oxygen atoms in total. The number of nitrogens with zero attached hydrogens (tertiary/aromatic N) is 1. The van der Waals surface area contributed by atoms with Gasteiger partial charge in [-0.05, 0) is 26.1 Å². The highest BCUT2D eigenvalue weighted by molar-refractivity contribution is 4.47. The van der Waals surface area contributed by atoms with Gasteiger partial charge in [0.2, 0.25) is 0 Å². The Balaban J connectivity index is 0. The smallest absolute Gasteiger partial charge is 0.00216 e. The summed E-state index contributed by atoms with van der Waals surface area (Å²) in [5, 5.41) is 0. The standard InChI is InChI=1S/C7H17N.H3N/c1-4-7-8(5-2)6-3;/h4-7H2,1-3H3;1H3. The molecule has 0 aliphatic carbocycles. The normalized spacial score (nSPS) is 9.33. The molecule has 0 fully saturated rings. The molecule has 0 bridgehead atoms. The third-order valence-electron chi connectivity index (χ3n) is 1.43. The molecule has 3 N–H and O–H groups in total. The molecule has 0 heterocycles. The quantitative estimate of drug-likeness (QED) is 0.634. The number of hydrogen-bond acceptors (Lipinski definition) is 2. The van der Waals surface area contributed by atoms with Crippen molar-refractivity contribution in [2.45, 2.75) is 27.2 Å². The van der Waals surface area contributed by atoms with E-state index in [1.165, 1.54) is 26.1 Å². The average molecular weight is 132 g/mol. The fourth-order valence-corrected chi connectivity index (χ4v) is 0.856. The molecule has 0 amide bonds. The zero-order chi connectivity index (χ0) is 6.41. The Morgan fingerprint density at radius 3 is 1.56 bits per heavy atom. The molecule has 0 rings (SSSR count). The summed E-state index contributed by atoms with van der Waals surface area (Å²) in [5.41, 5.74) is 0. The molecule has 0 saturated heterocycles. The topological polar surface area (TPSA) is 38.2 Å². The first-order chi connectivity index (χ1) is 3.85. The summed E-state index contributed by atoms with van der Waals surface area (Å²) in [6, 6.07) is 0. The molecular weight excluding hydrogens is 112 g/mol. The third-order valence-corrected chi connectivity index (χ3v) is 1.43. The van der Waals surface area contributed by atoms with E-state index in [2.05, 4.69) is 25.7 Å². The molecule has 58 valence electrons. The fraction of sp³-hybridized carbons (Fsp3) is 1.00. The summed E-state index contributed by atoms with van der Waals surface area (Å²) in [6.45, 7) is 10.3. The van der Waals surface area contributed by atoms with Crippen LogP contribution in [0.25, 0.3) is 0 Å². The Bertz CT molecular complexity index is 42.2. The first-order valence-electron chi connectivity index (χ1n) is 3.57. The minimum absolute atomic E-state index is 0. The molecule has 0 atom stereocenters. The Morgan fingerprint density at radius 2 is 1.44 bits per heavy atom. The van der Waals surface area contributed by atoms with E-state index < -0.39 is 0 Å². The van der Waals surface area contributed by atoms with Crippen molar-refractivity contribution in [3.05, 3.63) is 0 Å². The van der Waals surface area contributed by atoms with Gasteiger partial charge in [0, 0.05) is 0 Å². The van der Waals surface area contributed by atoms with Gasteiger partial charge in [-0.2, -0.15) is 0 Å². The Labute approximate surface area is 58.8 Å². The van der Waals surface area contributed by atoms with Crippen LogP contribution in [0.15, 0.2) is 0 Å². The molecule has 2 heteroatoms. The molecule has 0 radical (unpaired) electrons. The second-order valence-corrected chi connectivity index (χ2v) is 2.03. The Kier molecular flexibility index (Phi) is 10.3. The number of rotatable bonds is 4. The minimum atomic E-state index is 0. The molecule has 0 aliphatic heterocycles. The highest BCUT2D eigenvalue weighted by atomic mass is 15.1. The van der Waals surface area contributed by atoms with Crippen molar-refractivity contribution in [3.8, 4) is 0 Å². The second kappa shape index (κ2) is 7.92. The van der Waals surface area contributed by atoms with Crippen LogP contribution < -0.4 is 6.15 Å². The lowest BCUT2D eigenvalue weighted by Crippen LogP contribution is -2.23. The van der Waals surface area contributed by atoms with Gasteiger partial charge < -0.3 is 11.1 Å². The van der Waals surface area contributed by atoms with E-state index in [0.717, 1.165) is 0 Å². The average Bonchev–Trinajstić information content (AvgIpc) is 1.83. The van der Waals surface area contributed by atoms with E-state index in [1.54, 1.807) is 0 Å². The van der Waals surface area contributed by atoms with Crippen LogP contribution in [-0.2, 0) is 0 Å². The van der Waals surface area contributed by atoms with Crippen LogP contribution in [0, 0.1) is 0 Å². The van der Waals surface area contributed by atoms with Gasteiger partial charge in [-0.15, -0.1) is 0 Å². The van der Waals surface area contributed by atoms with Crippen LogP contribution in [0.4, 0.5) is 0 Å². The fourth-order valence-electron chi connectivity index (χ4n) is 0.856. The minimum Gasteiger partial charge on any atom is -0.344 e. The van der Waals surface area contributed by atoms with Crippen molar-refractivity contribution in [2.24, 2.45) is 0 Å². The van der Waals surface area contributed by atoms with Gasteiger partial charge in [0.25, 0.3) is 0 Å². The lowest BCUT2D eigenvalue weighted by atomic mass is 10.4. The van der Waals surface area contributed by atoms with Crippen molar-refractivity contribution in [1.29, 1.82) is 0 Å². The van der Waals surface area contributed by atoms with Gasteiger partial charge in [0.05, 0.1) is 0 Å². The Hall–Kier alpha value is -0.0800. The molecule has 0 aliphatic rings. The summed E-state index contributed by atoms with van der Waals surface area (Å²) in [7, 11) is 0. The summed E-state index contributed by atoms with van der Waals surface area (Å²) in [5.74, 6) is 0. The summed E-state index contributed by atoms with van der Waals surface area (Å²) >= 11 is 0. The molecule has 9 heavy (non-hydrogen) atoms. The first kappa shape index (κ1) is 11.7. The monoisotopic (exact) mass is 132 g/mol. The highest BCUT2D eigenvalue weighted by Crippen LogP contribution is 1.87. The van der Waals surface area contributed by atoms with Gasteiger partial charge in [-0.25, -0.2) is 0 Å². The van der Waals surface area contributed by atoms with E-state index in [4.69, 9.17) is 0 Å². The van der Waals surface area contributed by atoms with Gasteiger partial charge >= 0.3 is 0 Å². The van der Waals surface area contributed by atoms with Crippen LogP contribution >= 0.6 is 0 Å². The zero-order valence-electron chi connectivity index (χ0n) is 6.98. The van der Waals surface area contributed by atoms with Crippen molar-refractivity contribution in [1.82, 2.24) is 11.1 Å². The van der Waals surface area contributed by atoms with E-state index in [0.29, 0.717) is 0 Å². The van der Waals surface area contributed by atoms with Crippen LogP contribution in [0.1, 0.15) is 27.2 Å². The predicted octanol–water partition coefficient (Wildman–Crippen LogP) is 1.90. The van der Waals surface area contributed by atoms with E-state index >= 15 is 0 Å². The lowest BCUT2D eigenvalue weighted by molar-refractivity contribution is 0.304. The molecule has 0 spiro atoms. The van der Waals surface area contributed by atoms with Crippen molar-refractivity contribution >= 4 is 0 Å². The first-order valence-corrected chi connectivity index (χ1v) is 3.57. The maximum Gasteiger partial charge on any atom is -0.00216 e. The molecule has 0 saturated carbocycles. The molecule has 0 unspecified atom stereocenters. The molecule has 0 aromatic rings. The molecular formula is C7H20N2. The maximum absolute atomic E-state index is 2.43. The van der Waals surface area contributed by atoms with Gasteiger partial charge in [-0.3, -0.25) is 0 Å². The van der Waals surface area contributed by atoms with Crippen molar-refractivity contribution in [2.75, 3.05) is 19.6 Å². The zero-order valence-corrected chi connectivity index (χ0v) is 6.98. The highest BCUT2D eigenvalue weighted by Gasteiger charge is 1.92. The van der Waals surface area contributed by atoms with Crippen LogP contribution in [0.2, 0.25) is 0 Å². The van der Waals surface area contributed by atoms with E-state index in [9.17, 15) is 0 Å². The predicted molar refractivity (Wildman–Crippen MR) is 43.1 cm³/mol. The third kappa shape index (κ3) is 5.80. The van der Waals surface area contributed by atoms with Crippen LogP contribution in [-0.4, -0.2) is 24.5 Å².